The van der Waals surface area contributed by atoms with E-state index in [0.29, 0.717) is 5.54 Å². The van der Waals surface area contributed by atoms with Crippen LogP contribution in [-0.2, 0) is 0 Å². The van der Waals surface area contributed by atoms with E-state index in [1.807, 2.05) is 18.5 Å². The molecule has 0 unspecified atom stereocenters. The second kappa shape index (κ2) is 5.89. The Kier molecular flexibility index (Phi) is 5.04. The maximum Gasteiger partial charge on any atom is 0.0553 e. The predicted octanol–water partition coefficient (Wildman–Crippen LogP) is 2.26. The molecule has 1 N–H and O–H groups in total. The largest absolute Gasteiger partial charge is 0.368 e. The maximum absolute atomic E-state index is 4.18. The van der Waals surface area contributed by atoms with Crippen molar-refractivity contribution >= 4 is 30.5 Å². The molecule has 0 amide bonds. The van der Waals surface area contributed by atoms with Crippen LogP contribution in [0.2, 0.25) is 0 Å². The van der Waals surface area contributed by atoms with Crippen molar-refractivity contribution in [1.82, 2.24) is 10.3 Å². The summed E-state index contributed by atoms with van der Waals surface area (Å²) in [6, 6.07) is 4.17. The molecule has 17 heavy (non-hydrogen) atoms. The Morgan fingerprint density at radius 2 is 2.18 bits per heavy atom. The van der Waals surface area contributed by atoms with Gasteiger partial charge in [0.05, 0.1) is 11.9 Å². The van der Waals surface area contributed by atoms with Crippen molar-refractivity contribution in [2.24, 2.45) is 0 Å². The molecule has 3 heterocycles. The summed E-state index contributed by atoms with van der Waals surface area (Å²) in [5.41, 5.74) is 1.68. The smallest absolute Gasteiger partial charge is 0.0553 e. The van der Waals surface area contributed by atoms with Crippen LogP contribution in [0.25, 0.3) is 0 Å². The Morgan fingerprint density at radius 3 is 2.82 bits per heavy atom. The van der Waals surface area contributed by atoms with E-state index in [1.165, 1.54) is 38.0 Å². The molecule has 2 aliphatic rings. The minimum Gasteiger partial charge on any atom is -0.368 e. The van der Waals surface area contributed by atoms with Gasteiger partial charge < -0.3 is 10.2 Å². The SMILES string of the molecule is Cl.Cl.c1cncc(N2CC[C@]3(CCCN3)C2)c1. The van der Waals surface area contributed by atoms with Crippen molar-refractivity contribution in [3.05, 3.63) is 24.5 Å². The molecule has 0 saturated carbocycles. The highest BCUT2D eigenvalue weighted by Gasteiger charge is 2.39. The van der Waals surface area contributed by atoms with Crippen molar-refractivity contribution in [2.75, 3.05) is 24.5 Å². The highest BCUT2D eigenvalue weighted by Crippen LogP contribution is 2.32. The number of nitrogens with one attached hydrogen (secondary N) is 1. The molecule has 1 aromatic heterocycles. The molecule has 3 nitrogen and oxygen atoms in total. The van der Waals surface area contributed by atoms with Crippen molar-refractivity contribution in [1.29, 1.82) is 0 Å². The first-order chi connectivity index (χ1) is 7.38. The minimum absolute atomic E-state index is 0. The number of nitrogens with zero attached hydrogens (tertiary/aromatic N) is 2. The number of aromatic nitrogens is 1. The third-order valence-corrected chi connectivity index (χ3v) is 3.70. The first kappa shape index (κ1) is 14.6. The van der Waals surface area contributed by atoms with E-state index in [0.717, 1.165) is 6.54 Å². The van der Waals surface area contributed by atoms with Crippen LogP contribution in [-0.4, -0.2) is 30.2 Å². The highest BCUT2D eigenvalue weighted by atomic mass is 35.5. The number of hydrogen-bond acceptors (Lipinski definition) is 3. The summed E-state index contributed by atoms with van der Waals surface area (Å²) < 4.78 is 0. The second-order valence-electron chi connectivity index (χ2n) is 4.69. The average Bonchev–Trinajstić information content (AvgIpc) is 2.91. The third-order valence-electron chi connectivity index (χ3n) is 3.70. The standard InChI is InChI=1S/C12H17N3.2ClH/c1-3-11(9-13-6-1)15-8-5-12(10-15)4-2-7-14-12;;/h1,3,6,9,14H,2,4-5,7-8,10H2;2*1H/t12-;;/m1../s1. The molecular formula is C12H19Cl2N3. The average molecular weight is 276 g/mol. The molecule has 2 fully saturated rings. The van der Waals surface area contributed by atoms with Gasteiger partial charge in [-0.05, 0) is 37.9 Å². The minimum atomic E-state index is 0. The van der Waals surface area contributed by atoms with Crippen LogP contribution >= 0.6 is 24.8 Å². The summed E-state index contributed by atoms with van der Waals surface area (Å²) in [6.45, 7) is 3.51. The number of anilines is 1. The fourth-order valence-electron chi connectivity index (χ4n) is 2.85. The zero-order valence-electron chi connectivity index (χ0n) is 9.76. The van der Waals surface area contributed by atoms with E-state index in [-0.39, 0.29) is 24.8 Å². The molecule has 5 heteroatoms. The quantitative estimate of drug-likeness (QED) is 0.852. The zero-order valence-corrected chi connectivity index (χ0v) is 11.4. The molecule has 2 saturated heterocycles. The summed E-state index contributed by atoms with van der Waals surface area (Å²) in [4.78, 5) is 6.63. The molecular weight excluding hydrogens is 257 g/mol. The predicted molar refractivity (Wildman–Crippen MR) is 75.5 cm³/mol. The Hall–Kier alpha value is -0.510. The molecule has 1 atom stereocenters. The van der Waals surface area contributed by atoms with Gasteiger partial charge in [0.2, 0.25) is 0 Å². The Balaban J connectivity index is 0.000000722. The monoisotopic (exact) mass is 275 g/mol. The number of pyridine rings is 1. The lowest BCUT2D eigenvalue weighted by Gasteiger charge is -2.25. The topological polar surface area (TPSA) is 28.2 Å². The molecule has 1 spiro atoms. The van der Waals surface area contributed by atoms with Gasteiger partial charge >= 0.3 is 0 Å². The first-order valence-corrected chi connectivity index (χ1v) is 5.78. The number of rotatable bonds is 1. The van der Waals surface area contributed by atoms with E-state index in [9.17, 15) is 0 Å². The van der Waals surface area contributed by atoms with Gasteiger partial charge in [-0.15, -0.1) is 24.8 Å². The van der Waals surface area contributed by atoms with E-state index < -0.39 is 0 Å². The zero-order chi connectivity index (χ0) is 10.1. The lowest BCUT2D eigenvalue weighted by Crippen LogP contribution is -2.42. The molecule has 2 aliphatic heterocycles. The van der Waals surface area contributed by atoms with Crippen LogP contribution in [0.3, 0.4) is 0 Å². The fraction of sp³-hybridized carbons (Fsp3) is 0.583. The highest BCUT2D eigenvalue weighted by molar-refractivity contribution is 5.85. The Bertz CT molecular complexity index is 339. The summed E-state index contributed by atoms with van der Waals surface area (Å²) in [7, 11) is 0. The van der Waals surface area contributed by atoms with Crippen molar-refractivity contribution in [3.63, 3.8) is 0 Å². The van der Waals surface area contributed by atoms with Crippen LogP contribution in [0.1, 0.15) is 19.3 Å². The third kappa shape index (κ3) is 2.84. The summed E-state index contributed by atoms with van der Waals surface area (Å²) in [5.74, 6) is 0. The van der Waals surface area contributed by atoms with Crippen molar-refractivity contribution in [2.45, 2.75) is 24.8 Å². The van der Waals surface area contributed by atoms with E-state index in [4.69, 9.17) is 0 Å². The van der Waals surface area contributed by atoms with Gasteiger partial charge in [-0.1, -0.05) is 0 Å². The van der Waals surface area contributed by atoms with Crippen LogP contribution in [0, 0.1) is 0 Å². The van der Waals surface area contributed by atoms with Crippen molar-refractivity contribution < 1.29 is 0 Å². The van der Waals surface area contributed by atoms with Gasteiger partial charge in [0.15, 0.2) is 0 Å². The van der Waals surface area contributed by atoms with Crippen LogP contribution in [0.5, 0.6) is 0 Å². The normalized spacial score (nSPS) is 26.7. The van der Waals surface area contributed by atoms with Crippen LogP contribution in [0.15, 0.2) is 24.5 Å². The fourth-order valence-corrected chi connectivity index (χ4v) is 2.85. The van der Waals surface area contributed by atoms with Gasteiger partial charge in [0, 0.05) is 24.8 Å². The van der Waals surface area contributed by atoms with E-state index in [1.54, 1.807) is 0 Å². The summed E-state index contributed by atoms with van der Waals surface area (Å²) in [6.07, 6.45) is 7.75. The molecule has 1 aromatic rings. The Labute approximate surface area is 115 Å². The summed E-state index contributed by atoms with van der Waals surface area (Å²) in [5, 5.41) is 3.67. The van der Waals surface area contributed by atoms with Gasteiger partial charge in [-0.2, -0.15) is 0 Å². The molecule has 3 rings (SSSR count). The Morgan fingerprint density at radius 1 is 1.29 bits per heavy atom. The molecule has 0 radical (unpaired) electrons. The lowest BCUT2D eigenvalue weighted by molar-refractivity contribution is 0.419. The second-order valence-corrected chi connectivity index (χ2v) is 4.69. The van der Waals surface area contributed by atoms with Crippen LogP contribution in [0.4, 0.5) is 5.69 Å². The first-order valence-electron chi connectivity index (χ1n) is 5.78. The van der Waals surface area contributed by atoms with Gasteiger partial charge in [-0.3, -0.25) is 4.98 Å². The maximum atomic E-state index is 4.18. The van der Waals surface area contributed by atoms with Crippen LogP contribution < -0.4 is 10.2 Å². The summed E-state index contributed by atoms with van der Waals surface area (Å²) >= 11 is 0. The number of halogens is 2. The van der Waals surface area contributed by atoms with Gasteiger partial charge in [0.1, 0.15) is 0 Å². The molecule has 96 valence electrons. The van der Waals surface area contributed by atoms with Gasteiger partial charge in [0.25, 0.3) is 0 Å². The molecule has 0 bridgehead atoms. The lowest BCUT2D eigenvalue weighted by atomic mass is 9.97. The van der Waals surface area contributed by atoms with E-state index >= 15 is 0 Å². The molecule has 0 aromatic carbocycles. The van der Waals surface area contributed by atoms with Crippen molar-refractivity contribution in [3.8, 4) is 0 Å². The van der Waals surface area contributed by atoms with Gasteiger partial charge in [-0.25, -0.2) is 0 Å². The van der Waals surface area contributed by atoms with E-state index in [2.05, 4.69) is 21.3 Å². The number of hydrogen-bond donors (Lipinski definition) is 1. The molecule has 0 aliphatic carbocycles.